The highest BCUT2D eigenvalue weighted by molar-refractivity contribution is 6.32. The molecule has 13 nitrogen and oxygen atoms in total. The molecule has 14 heteroatoms. The average Bonchev–Trinajstić information content (AvgIpc) is 4.07. The molecule has 49 heavy (non-hydrogen) atoms. The van der Waals surface area contributed by atoms with Gasteiger partial charge in [-0.1, -0.05) is 23.7 Å². The molecule has 0 saturated heterocycles. The Balaban J connectivity index is 0.000000154. The number of methoxy groups -OCH3 is 2. The Labute approximate surface area is 285 Å². The Hall–Kier alpha value is -6.00. The third kappa shape index (κ3) is 5.76. The summed E-state index contributed by atoms with van der Waals surface area (Å²) in [5, 5.41) is 19.2. The highest BCUT2D eigenvalue weighted by Crippen LogP contribution is 2.41. The Bertz CT molecular complexity index is 2330. The number of carbonyl (C=O) groups is 2. The molecule has 0 atom stereocenters. The number of rotatable bonds is 6. The molecule has 0 spiro atoms. The number of aromatic nitrogens is 6. The summed E-state index contributed by atoms with van der Waals surface area (Å²) in [6, 6.07) is 19.4. The van der Waals surface area contributed by atoms with E-state index in [1.54, 1.807) is 36.4 Å². The maximum atomic E-state index is 13.0. The monoisotopic (exact) mass is 675 g/mol. The number of para-hydroxylation sites is 2. The van der Waals surface area contributed by atoms with Crippen molar-refractivity contribution in [2.24, 2.45) is 0 Å². The maximum Gasteiger partial charge on any atom is 0.284 e. The number of halogens is 1. The molecule has 6 aromatic rings. The lowest BCUT2D eigenvalue weighted by Gasteiger charge is -2.09. The van der Waals surface area contributed by atoms with Gasteiger partial charge in [0.25, 0.3) is 11.8 Å². The smallest absolute Gasteiger partial charge is 0.284 e. The molecule has 0 radical (unpaired) electrons. The summed E-state index contributed by atoms with van der Waals surface area (Å²) in [6.07, 6.45) is 4.46. The third-order valence-electron chi connectivity index (χ3n) is 8.51. The van der Waals surface area contributed by atoms with Gasteiger partial charge in [0.1, 0.15) is 17.6 Å². The van der Waals surface area contributed by atoms with Crippen LogP contribution in [0.25, 0.3) is 22.1 Å². The van der Waals surface area contributed by atoms with Crippen LogP contribution in [0.5, 0.6) is 11.5 Å². The van der Waals surface area contributed by atoms with Gasteiger partial charge in [0, 0.05) is 23.2 Å². The lowest BCUT2D eigenvalue weighted by molar-refractivity contribution is 0.0939. The normalized spacial score (nSPS) is 13.8. The number of fused-ring (bicyclic) bond motifs is 2. The number of hydrogen-bond donors (Lipinski definition) is 2. The lowest BCUT2D eigenvalue weighted by atomic mass is 10.1. The average molecular weight is 676 g/mol. The predicted molar refractivity (Wildman–Crippen MR) is 183 cm³/mol. The fraction of sp³-hybridized carbons (Fsp3) is 0.229. The summed E-state index contributed by atoms with van der Waals surface area (Å²) in [5.41, 5.74) is 15.5. The third-order valence-corrected chi connectivity index (χ3v) is 8.81. The SMILES string of the molecule is COc1c(C#N)cccc1C(=O)n1nc(N)c2ccc(C3CC3)nc21.COc1c(Cl)cccc1C(=O)n1nc(N)c2ccc(C3CC3)nc21. The standard InChI is InChI=1S/C18H15N5O2.C17H15ClN4O2/c1-25-15-11(9-19)3-2-4-12(15)18(24)23-17-13(16(20)22-23)7-8-14(21-17)10-5-6-10;1-24-14-10(3-2-4-12(14)18)17(23)22-16-11(15(19)21-22)7-8-13(20-16)9-5-6-9/h2-4,7-8,10H,5-6H2,1H3,(H2,20,22);2-4,7-9H,5-6H2,1H3,(H2,19,21). The molecule has 4 heterocycles. The number of carbonyl (C=O) groups excluding carboxylic acids is 2. The van der Waals surface area contributed by atoms with Crippen LogP contribution in [0.1, 0.15) is 75.2 Å². The van der Waals surface area contributed by atoms with Gasteiger partial charge in [0.2, 0.25) is 0 Å². The topological polar surface area (TPSA) is 190 Å². The number of ether oxygens (including phenoxy) is 2. The van der Waals surface area contributed by atoms with Crippen molar-refractivity contribution in [3.63, 3.8) is 0 Å². The van der Waals surface area contributed by atoms with Gasteiger partial charge in [0.05, 0.1) is 46.7 Å². The van der Waals surface area contributed by atoms with E-state index in [-0.39, 0.29) is 34.4 Å². The minimum Gasteiger partial charge on any atom is -0.495 e. The van der Waals surface area contributed by atoms with Crippen LogP contribution in [0.15, 0.2) is 60.7 Å². The number of nitrogens with zero attached hydrogens (tertiary/aromatic N) is 7. The van der Waals surface area contributed by atoms with Crippen molar-refractivity contribution in [3.8, 4) is 17.6 Å². The van der Waals surface area contributed by atoms with Crippen molar-refractivity contribution in [2.45, 2.75) is 37.5 Å². The van der Waals surface area contributed by atoms with Gasteiger partial charge < -0.3 is 20.9 Å². The van der Waals surface area contributed by atoms with E-state index in [2.05, 4.69) is 20.2 Å². The molecule has 4 aromatic heterocycles. The summed E-state index contributed by atoms with van der Waals surface area (Å²) in [7, 11) is 2.89. The molecule has 0 amide bonds. The second kappa shape index (κ2) is 12.6. The molecular weight excluding hydrogens is 646 g/mol. The highest BCUT2D eigenvalue weighted by atomic mass is 35.5. The first-order chi connectivity index (χ1) is 23.7. The zero-order chi connectivity index (χ0) is 34.4. The fourth-order valence-corrected chi connectivity index (χ4v) is 5.94. The van der Waals surface area contributed by atoms with Gasteiger partial charge in [-0.05, 0) is 74.2 Å². The van der Waals surface area contributed by atoms with Crippen LogP contribution < -0.4 is 20.9 Å². The molecule has 4 N–H and O–H groups in total. The van der Waals surface area contributed by atoms with Crippen LogP contribution in [0, 0.1) is 11.3 Å². The van der Waals surface area contributed by atoms with E-state index >= 15 is 0 Å². The van der Waals surface area contributed by atoms with Crippen molar-refractivity contribution in [1.82, 2.24) is 29.5 Å². The van der Waals surface area contributed by atoms with Gasteiger partial charge in [-0.25, -0.2) is 9.97 Å². The maximum absolute atomic E-state index is 13.0. The first-order valence-corrected chi connectivity index (χ1v) is 15.9. The van der Waals surface area contributed by atoms with E-state index in [1.807, 2.05) is 30.3 Å². The number of anilines is 2. The van der Waals surface area contributed by atoms with Crippen molar-refractivity contribution < 1.29 is 19.1 Å². The van der Waals surface area contributed by atoms with Gasteiger partial charge >= 0.3 is 0 Å². The Morgan fingerprint density at radius 1 is 0.755 bits per heavy atom. The van der Waals surface area contributed by atoms with E-state index in [9.17, 15) is 14.9 Å². The van der Waals surface area contributed by atoms with Crippen molar-refractivity contribution >= 4 is 57.1 Å². The highest BCUT2D eigenvalue weighted by Gasteiger charge is 2.29. The van der Waals surface area contributed by atoms with Crippen LogP contribution in [-0.2, 0) is 0 Å². The van der Waals surface area contributed by atoms with Crippen LogP contribution in [0.4, 0.5) is 11.6 Å². The van der Waals surface area contributed by atoms with Crippen LogP contribution >= 0.6 is 11.6 Å². The zero-order valence-corrected chi connectivity index (χ0v) is 27.3. The number of nitriles is 1. The second-order valence-electron chi connectivity index (χ2n) is 11.8. The molecule has 2 fully saturated rings. The summed E-state index contributed by atoms with van der Waals surface area (Å²) >= 11 is 6.11. The molecule has 0 bridgehead atoms. The second-order valence-corrected chi connectivity index (χ2v) is 12.2. The fourth-order valence-electron chi connectivity index (χ4n) is 5.69. The van der Waals surface area contributed by atoms with E-state index < -0.39 is 5.91 Å². The largest absolute Gasteiger partial charge is 0.495 e. The molecule has 2 aromatic carbocycles. The van der Waals surface area contributed by atoms with Crippen molar-refractivity contribution in [2.75, 3.05) is 25.7 Å². The summed E-state index contributed by atoms with van der Waals surface area (Å²) < 4.78 is 12.9. The van der Waals surface area contributed by atoms with Crippen LogP contribution in [0.2, 0.25) is 5.02 Å². The van der Waals surface area contributed by atoms with Crippen LogP contribution in [-0.4, -0.2) is 55.6 Å². The molecule has 0 aliphatic heterocycles. The molecule has 2 aliphatic rings. The summed E-state index contributed by atoms with van der Waals surface area (Å²) in [4.78, 5) is 35.2. The van der Waals surface area contributed by atoms with Crippen molar-refractivity contribution in [1.29, 1.82) is 5.26 Å². The first kappa shape index (κ1) is 31.6. The Morgan fingerprint density at radius 3 is 1.67 bits per heavy atom. The molecule has 246 valence electrons. The summed E-state index contributed by atoms with van der Waals surface area (Å²) in [6.45, 7) is 0. The molecule has 2 aliphatic carbocycles. The number of pyridine rings is 2. The lowest BCUT2D eigenvalue weighted by Crippen LogP contribution is -2.16. The first-order valence-electron chi connectivity index (χ1n) is 15.5. The summed E-state index contributed by atoms with van der Waals surface area (Å²) in [5.74, 6) is 1.14. The molecule has 2 saturated carbocycles. The number of hydrogen-bond acceptors (Lipinski definition) is 11. The van der Waals surface area contributed by atoms with Gasteiger partial charge in [0.15, 0.2) is 22.9 Å². The van der Waals surface area contributed by atoms with E-state index in [1.165, 1.54) is 23.6 Å². The van der Waals surface area contributed by atoms with Crippen LogP contribution in [0.3, 0.4) is 0 Å². The van der Waals surface area contributed by atoms with Gasteiger partial charge in [-0.15, -0.1) is 10.2 Å². The van der Waals surface area contributed by atoms with Gasteiger partial charge in [-0.2, -0.15) is 14.6 Å². The van der Waals surface area contributed by atoms with E-state index in [0.29, 0.717) is 50.2 Å². The van der Waals surface area contributed by atoms with E-state index in [4.69, 9.17) is 32.5 Å². The minimum absolute atomic E-state index is 0.218. The molecule has 8 rings (SSSR count). The molecular formula is C35H30ClN9O4. The number of nitrogens with two attached hydrogens (primary N) is 2. The quantitative estimate of drug-likeness (QED) is 0.220. The zero-order valence-electron chi connectivity index (χ0n) is 26.6. The van der Waals surface area contributed by atoms with E-state index in [0.717, 1.165) is 37.1 Å². The minimum atomic E-state index is -0.434. The number of benzene rings is 2. The molecule has 0 unspecified atom stereocenters. The number of nitrogen functional groups attached to an aromatic ring is 2. The van der Waals surface area contributed by atoms with Gasteiger partial charge in [-0.3, -0.25) is 9.59 Å². The van der Waals surface area contributed by atoms with Crippen molar-refractivity contribution in [3.05, 3.63) is 93.8 Å². The Kier molecular flexibility index (Phi) is 8.09. The predicted octanol–water partition coefficient (Wildman–Crippen LogP) is 5.70. The Morgan fingerprint density at radius 2 is 1.22 bits per heavy atom.